The van der Waals surface area contributed by atoms with Crippen molar-refractivity contribution in [1.82, 2.24) is 5.32 Å². The Bertz CT molecular complexity index is 385. The van der Waals surface area contributed by atoms with Crippen LogP contribution in [0.15, 0.2) is 18.2 Å². The quantitative estimate of drug-likeness (QED) is 0.824. The van der Waals surface area contributed by atoms with E-state index in [1.54, 1.807) is 7.11 Å². The smallest absolute Gasteiger partial charge is 0.123 e. The van der Waals surface area contributed by atoms with Gasteiger partial charge in [0, 0.05) is 11.6 Å². The van der Waals surface area contributed by atoms with E-state index in [0.29, 0.717) is 6.04 Å². The van der Waals surface area contributed by atoms with Crippen molar-refractivity contribution < 1.29 is 4.74 Å². The van der Waals surface area contributed by atoms with Crippen molar-refractivity contribution in [2.75, 3.05) is 13.7 Å². The second-order valence-corrected chi connectivity index (χ2v) is 5.51. The first kappa shape index (κ1) is 13.4. The minimum atomic E-state index is 0.362. The highest BCUT2D eigenvalue weighted by Crippen LogP contribution is 2.30. The molecule has 0 saturated heterocycles. The predicted octanol–water partition coefficient (Wildman–Crippen LogP) is 3.84. The van der Waals surface area contributed by atoms with Crippen molar-refractivity contribution in [2.45, 2.75) is 45.6 Å². The third-order valence-electron chi connectivity index (χ3n) is 4.08. The van der Waals surface area contributed by atoms with E-state index < -0.39 is 0 Å². The molecule has 0 bridgehead atoms. The fourth-order valence-corrected chi connectivity index (χ4v) is 2.57. The Morgan fingerprint density at radius 1 is 1.39 bits per heavy atom. The van der Waals surface area contributed by atoms with Crippen molar-refractivity contribution in [3.63, 3.8) is 0 Å². The van der Waals surface area contributed by atoms with Crippen LogP contribution in [0.4, 0.5) is 0 Å². The van der Waals surface area contributed by atoms with Gasteiger partial charge in [-0.15, -0.1) is 0 Å². The number of methoxy groups -OCH3 is 1. The minimum absolute atomic E-state index is 0.362. The summed E-state index contributed by atoms with van der Waals surface area (Å²) in [4.78, 5) is 0. The molecule has 1 aliphatic carbocycles. The first-order valence-electron chi connectivity index (χ1n) is 7.08. The standard InChI is InChI=1S/C16H25NO/c1-12-7-8-15(16(11-12)18-3)13(2)17-10-9-14-5-4-6-14/h7-8,11,13-14,17H,4-6,9-10H2,1-3H3. The molecule has 1 aliphatic rings. The number of nitrogens with one attached hydrogen (secondary N) is 1. The van der Waals surface area contributed by atoms with E-state index in [-0.39, 0.29) is 0 Å². The second-order valence-electron chi connectivity index (χ2n) is 5.51. The highest BCUT2D eigenvalue weighted by molar-refractivity contribution is 5.38. The number of aryl methyl sites for hydroxylation is 1. The van der Waals surface area contributed by atoms with Crippen LogP contribution in [0.3, 0.4) is 0 Å². The van der Waals surface area contributed by atoms with E-state index in [1.165, 1.54) is 36.8 Å². The average Bonchev–Trinajstić information content (AvgIpc) is 2.31. The van der Waals surface area contributed by atoms with Crippen LogP contribution in [-0.2, 0) is 0 Å². The van der Waals surface area contributed by atoms with Crippen LogP contribution < -0.4 is 10.1 Å². The summed E-state index contributed by atoms with van der Waals surface area (Å²) in [7, 11) is 1.75. The molecule has 1 fully saturated rings. The molecular weight excluding hydrogens is 222 g/mol. The van der Waals surface area contributed by atoms with Crippen LogP contribution in [0.2, 0.25) is 0 Å². The summed E-state index contributed by atoms with van der Waals surface area (Å²) in [6.07, 6.45) is 5.62. The average molecular weight is 247 g/mol. The molecule has 1 N–H and O–H groups in total. The van der Waals surface area contributed by atoms with Crippen LogP contribution >= 0.6 is 0 Å². The third kappa shape index (κ3) is 3.26. The van der Waals surface area contributed by atoms with Crippen molar-refractivity contribution >= 4 is 0 Å². The van der Waals surface area contributed by atoms with Gasteiger partial charge >= 0.3 is 0 Å². The van der Waals surface area contributed by atoms with E-state index in [9.17, 15) is 0 Å². The zero-order valence-electron chi connectivity index (χ0n) is 11.8. The lowest BCUT2D eigenvalue weighted by atomic mass is 9.83. The maximum absolute atomic E-state index is 5.47. The van der Waals surface area contributed by atoms with Gasteiger partial charge in [-0.3, -0.25) is 0 Å². The lowest BCUT2D eigenvalue weighted by molar-refractivity contribution is 0.288. The van der Waals surface area contributed by atoms with Gasteiger partial charge in [0.15, 0.2) is 0 Å². The van der Waals surface area contributed by atoms with E-state index in [4.69, 9.17) is 4.74 Å². The van der Waals surface area contributed by atoms with E-state index >= 15 is 0 Å². The topological polar surface area (TPSA) is 21.3 Å². The maximum Gasteiger partial charge on any atom is 0.123 e. The molecule has 0 aliphatic heterocycles. The first-order chi connectivity index (χ1) is 8.70. The van der Waals surface area contributed by atoms with Gasteiger partial charge in [0.2, 0.25) is 0 Å². The van der Waals surface area contributed by atoms with Crippen LogP contribution in [-0.4, -0.2) is 13.7 Å². The summed E-state index contributed by atoms with van der Waals surface area (Å²) in [6, 6.07) is 6.80. The minimum Gasteiger partial charge on any atom is -0.496 e. The summed E-state index contributed by atoms with van der Waals surface area (Å²) < 4.78 is 5.47. The fraction of sp³-hybridized carbons (Fsp3) is 0.625. The lowest BCUT2D eigenvalue weighted by Crippen LogP contribution is -2.24. The number of hydrogen-bond acceptors (Lipinski definition) is 2. The lowest BCUT2D eigenvalue weighted by Gasteiger charge is -2.26. The van der Waals surface area contributed by atoms with E-state index in [2.05, 4.69) is 37.4 Å². The first-order valence-corrected chi connectivity index (χ1v) is 7.08. The van der Waals surface area contributed by atoms with Gasteiger partial charge in [-0.1, -0.05) is 31.4 Å². The molecule has 1 atom stereocenters. The summed E-state index contributed by atoms with van der Waals surface area (Å²) in [5, 5.41) is 3.61. The molecule has 2 rings (SSSR count). The SMILES string of the molecule is COc1cc(C)ccc1C(C)NCCC1CCC1. The Labute approximate surface area is 111 Å². The highest BCUT2D eigenvalue weighted by Gasteiger charge is 2.17. The maximum atomic E-state index is 5.47. The van der Waals surface area contributed by atoms with E-state index in [0.717, 1.165) is 18.2 Å². The van der Waals surface area contributed by atoms with Crippen LogP contribution in [0.25, 0.3) is 0 Å². The van der Waals surface area contributed by atoms with Crippen molar-refractivity contribution in [2.24, 2.45) is 5.92 Å². The van der Waals surface area contributed by atoms with Crippen LogP contribution in [0.5, 0.6) is 5.75 Å². The molecule has 1 saturated carbocycles. The number of benzene rings is 1. The molecule has 0 amide bonds. The van der Waals surface area contributed by atoms with Gasteiger partial charge in [0.25, 0.3) is 0 Å². The summed E-state index contributed by atoms with van der Waals surface area (Å²) >= 11 is 0. The molecule has 0 spiro atoms. The van der Waals surface area contributed by atoms with Gasteiger partial charge in [0.05, 0.1) is 7.11 Å². The Morgan fingerprint density at radius 3 is 2.78 bits per heavy atom. The molecule has 18 heavy (non-hydrogen) atoms. The monoisotopic (exact) mass is 247 g/mol. The predicted molar refractivity (Wildman–Crippen MR) is 76.1 cm³/mol. The van der Waals surface area contributed by atoms with Crippen molar-refractivity contribution in [1.29, 1.82) is 0 Å². The summed E-state index contributed by atoms with van der Waals surface area (Å²) in [5.41, 5.74) is 2.51. The van der Waals surface area contributed by atoms with Gasteiger partial charge < -0.3 is 10.1 Å². The third-order valence-corrected chi connectivity index (χ3v) is 4.08. The normalized spacial score (nSPS) is 17.3. The number of rotatable bonds is 6. The molecule has 0 heterocycles. The Balaban J connectivity index is 1.88. The molecule has 1 unspecified atom stereocenters. The molecule has 2 heteroatoms. The highest BCUT2D eigenvalue weighted by atomic mass is 16.5. The molecule has 100 valence electrons. The molecule has 0 radical (unpaired) electrons. The Morgan fingerprint density at radius 2 is 2.17 bits per heavy atom. The van der Waals surface area contributed by atoms with Gasteiger partial charge in [0.1, 0.15) is 5.75 Å². The zero-order chi connectivity index (χ0) is 13.0. The van der Waals surface area contributed by atoms with Gasteiger partial charge in [-0.05, 0) is 44.4 Å². The van der Waals surface area contributed by atoms with Gasteiger partial charge in [-0.2, -0.15) is 0 Å². The Kier molecular flexibility index (Phi) is 4.65. The van der Waals surface area contributed by atoms with Crippen LogP contribution in [0.1, 0.15) is 49.8 Å². The number of ether oxygens (including phenoxy) is 1. The van der Waals surface area contributed by atoms with Gasteiger partial charge in [-0.25, -0.2) is 0 Å². The molecule has 1 aromatic rings. The molecule has 1 aromatic carbocycles. The van der Waals surface area contributed by atoms with Crippen molar-refractivity contribution in [3.8, 4) is 5.75 Å². The van der Waals surface area contributed by atoms with Crippen LogP contribution in [0, 0.1) is 12.8 Å². The largest absolute Gasteiger partial charge is 0.496 e. The number of hydrogen-bond donors (Lipinski definition) is 1. The summed E-state index contributed by atoms with van der Waals surface area (Å²) in [5.74, 6) is 1.98. The Hall–Kier alpha value is -1.02. The molecule has 2 nitrogen and oxygen atoms in total. The summed E-state index contributed by atoms with van der Waals surface area (Å²) in [6.45, 7) is 5.43. The molecule has 0 aromatic heterocycles. The second kappa shape index (κ2) is 6.24. The zero-order valence-corrected chi connectivity index (χ0v) is 11.8. The van der Waals surface area contributed by atoms with Crippen molar-refractivity contribution in [3.05, 3.63) is 29.3 Å². The molecular formula is C16H25NO. The van der Waals surface area contributed by atoms with E-state index in [1.807, 2.05) is 0 Å². The fourth-order valence-electron chi connectivity index (χ4n) is 2.57.